The van der Waals surface area contributed by atoms with Crippen molar-refractivity contribution in [1.82, 2.24) is 0 Å². The monoisotopic (exact) mass is 166 g/mol. The van der Waals surface area contributed by atoms with Gasteiger partial charge in [-0.3, -0.25) is 9.68 Å². The summed E-state index contributed by atoms with van der Waals surface area (Å²) in [5.74, 6) is -0.388. The van der Waals surface area contributed by atoms with Crippen LogP contribution in [0.3, 0.4) is 0 Å². The third-order valence-corrected chi connectivity index (χ3v) is 1.43. The van der Waals surface area contributed by atoms with Gasteiger partial charge in [-0.15, -0.1) is 6.58 Å². The van der Waals surface area contributed by atoms with Crippen LogP contribution in [0.1, 0.15) is 0 Å². The van der Waals surface area contributed by atoms with Crippen LogP contribution in [0.5, 0.6) is 0 Å². The van der Waals surface area contributed by atoms with Gasteiger partial charge in [0.15, 0.2) is 0 Å². The Hall–Kier alpha value is -0.880. The van der Waals surface area contributed by atoms with E-state index in [1.165, 1.54) is 0 Å². The van der Waals surface area contributed by atoms with Crippen molar-refractivity contribution in [1.29, 1.82) is 0 Å². The fourth-order valence-electron chi connectivity index (χ4n) is 0.248. The molecule has 0 radical (unpaired) electrons. The molecule has 0 aliphatic carbocycles. The Balaban J connectivity index is 3.87. The van der Waals surface area contributed by atoms with E-state index in [0.717, 1.165) is 6.08 Å². The van der Waals surface area contributed by atoms with E-state index in [4.69, 9.17) is 0 Å². The third-order valence-electron chi connectivity index (χ3n) is 0.504. The van der Waals surface area contributed by atoms with E-state index in [1.54, 1.807) is 0 Å². The first kappa shape index (κ1) is 9.12. The van der Waals surface area contributed by atoms with Crippen molar-refractivity contribution in [3.8, 4) is 0 Å². The SMILES string of the molecule is C=CCS(=O)(=O)OOC=O. The molecule has 58 valence electrons. The first-order valence-corrected chi connectivity index (χ1v) is 3.82. The molecule has 0 atom stereocenters. The molecule has 0 rings (SSSR count). The van der Waals surface area contributed by atoms with Gasteiger partial charge in [0, 0.05) is 0 Å². The highest BCUT2D eigenvalue weighted by atomic mass is 32.2. The number of carbonyl (C=O) groups is 1. The summed E-state index contributed by atoms with van der Waals surface area (Å²) in [6, 6.07) is 0. The molecular weight excluding hydrogens is 160 g/mol. The molecule has 0 saturated heterocycles. The van der Waals surface area contributed by atoms with Gasteiger partial charge in [0.25, 0.3) is 0 Å². The van der Waals surface area contributed by atoms with Crippen LogP contribution >= 0.6 is 0 Å². The summed E-state index contributed by atoms with van der Waals surface area (Å²) in [5.41, 5.74) is 0. The Kier molecular flexibility index (Phi) is 3.67. The molecule has 0 N–H and O–H groups in total. The number of hydrogen-bond donors (Lipinski definition) is 0. The molecule has 0 aromatic rings. The van der Waals surface area contributed by atoms with Crippen molar-refractivity contribution < 1.29 is 22.4 Å². The van der Waals surface area contributed by atoms with E-state index < -0.39 is 10.1 Å². The van der Waals surface area contributed by atoms with E-state index in [2.05, 4.69) is 15.8 Å². The summed E-state index contributed by atoms with van der Waals surface area (Å²) in [6.45, 7) is 3.03. The normalized spacial score (nSPS) is 10.4. The second kappa shape index (κ2) is 4.02. The molecule has 0 fully saturated rings. The maximum Gasteiger partial charge on any atom is 0.332 e. The van der Waals surface area contributed by atoms with Gasteiger partial charge in [-0.25, -0.2) is 0 Å². The van der Waals surface area contributed by atoms with Crippen LogP contribution in [0.2, 0.25) is 0 Å². The van der Waals surface area contributed by atoms with Crippen molar-refractivity contribution in [3.63, 3.8) is 0 Å². The summed E-state index contributed by atoms with van der Waals surface area (Å²) in [5, 5.41) is 0. The van der Waals surface area contributed by atoms with Crippen LogP contribution in [0, 0.1) is 0 Å². The van der Waals surface area contributed by atoms with Gasteiger partial charge in [-0.05, 0) is 0 Å². The predicted molar refractivity (Wildman–Crippen MR) is 32.2 cm³/mol. The minimum Gasteiger partial charge on any atom is -0.285 e. The first-order chi connectivity index (χ1) is 4.62. The average Bonchev–Trinajstić information content (AvgIpc) is 1.84. The minimum absolute atomic E-state index is 0.124. The molecule has 10 heavy (non-hydrogen) atoms. The molecule has 5 nitrogen and oxygen atoms in total. The second-order valence-electron chi connectivity index (χ2n) is 1.27. The highest BCUT2D eigenvalue weighted by Crippen LogP contribution is 1.92. The van der Waals surface area contributed by atoms with Gasteiger partial charge in [0.05, 0.1) is 5.75 Å². The fraction of sp³-hybridized carbons (Fsp3) is 0.250. The minimum atomic E-state index is -3.77. The van der Waals surface area contributed by atoms with Crippen LogP contribution in [-0.2, 0) is 24.1 Å². The van der Waals surface area contributed by atoms with E-state index in [0.29, 0.717) is 0 Å². The molecule has 0 aromatic carbocycles. The van der Waals surface area contributed by atoms with Crippen molar-refractivity contribution >= 4 is 16.6 Å². The molecule has 0 heterocycles. The van der Waals surface area contributed by atoms with Gasteiger partial charge in [-0.1, -0.05) is 10.4 Å². The molecule has 0 saturated carbocycles. The molecule has 0 aliphatic rings. The van der Waals surface area contributed by atoms with Gasteiger partial charge < -0.3 is 0 Å². The summed E-state index contributed by atoms with van der Waals surface area (Å²) in [7, 11) is -3.77. The van der Waals surface area contributed by atoms with Crippen molar-refractivity contribution in [3.05, 3.63) is 12.7 Å². The Bertz CT molecular complexity index is 204. The Morgan fingerprint density at radius 1 is 1.50 bits per heavy atom. The molecular formula is C4H6O5S. The lowest BCUT2D eigenvalue weighted by molar-refractivity contribution is -0.193. The van der Waals surface area contributed by atoms with E-state index in [9.17, 15) is 13.2 Å². The average molecular weight is 166 g/mol. The predicted octanol–water partition coefficient (Wildman–Crippen LogP) is -0.393. The molecule has 6 heteroatoms. The summed E-state index contributed by atoms with van der Waals surface area (Å²) >= 11 is 0. The topological polar surface area (TPSA) is 69.7 Å². The van der Waals surface area contributed by atoms with Crippen LogP contribution in [0.15, 0.2) is 12.7 Å². The quantitative estimate of drug-likeness (QED) is 0.241. The third kappa shape index (κ3) is 4.04. The number of rotatable bonds is 5. The van der Waals surface area contributed by atoms with Gasteiger partial charge >= 0.3 is 16.6 Å². The van der Waals surface area contributed by atoms with Crippen molar-refractivity contribution in [2.75, 3.05) is 5.75 Å². The lowest BCUT2D eigenvalue weighted by Crippen LogP contribution is -2.08. The van der Waals surface area contributed by atoms with Gasteiger partial charge in [0.1, 0.15) is 0 Å². The number of hydrogen-bond acceptors (Lipinski definition) is 5. The highest BCUT2D eigenvalue weighted by Gasteiger charge is 2.08. The van der Waals surface area contributed by atoms with E-state index in [-0.39, 0.29) is 12.2 Å². The molecule has 0 spiro atoms. The number of carbonyl (C=O) groups excluding carboxylic acids is 1. The van der Waals surface area contributed by atoms with Crippen molar-refractivity contribution in [2.45, 2.75) is 0 Å². The maximum atomic E-state index is 10.4. The maximum absolute atomic E-state index is 10.4. The highest BCUT2D eigenvalue weighted by molar-refractivity contribution is 7.86. The molecule has 0 aliphatic heterocycles. The zero-order chi connectivity index (χ0) is 8.04. The Labute approximate surface area is 58.3 Å². The summed E-state index contributed by atoms with van der Waals surface area (Å²) in [6.07, 6.45) is 1.11. The second-order valence-corrected chi connectivity index (χ2v) is 2.86. The van der Waals surface area contributed by atoms with Crippen LogP contribution in [0.25, 0.3) is 0 Å². The van der Waals surface area contributed by atoms with Crippen LogP contribution in [0.4, 0.5) is 0 Å². The molecule has 0 amide bonds. The van der Waals surface area contributed by atoms with Crippen LogP contribution in [-0.4, -0.2) is 20.6 Å². The largest absolute Gasteiger partial charge is 0.332 e. The first-order valence-electron chi connectivity index (χ1n) is 2.24. The molecule has 0 bridgehead atoms. The van der Waals surface area contributed by atoms with Gasteiger partial charge in [-0.2, -0.15) is 8.42 Å². The van der Waals surface area contributed by atoms with E-state index >= 15 is 0 Å². The lowest BCUT2D eigenvalue weighted by Gasteiger charge is -1.94. The standard InChI is InChI=1S/C4H6O5S/c1-2-3-10(6,7)9-8-4-5/h2,4H,1,3H2. The fourth-order valence-corrected chi connectivity index (χ4v) is 0.744. The zero-order valence-corrected chi connectivity index (χ0v) is 5.83. The van der Waals surface area contributed by atoms with E-state index in [1.807, 2.05) is 0 Å². The lowest BCUT2D eigenvalue weighted by atomic mass is 10.8. The van der Waals surface area contributed by atoms with Gasteiger partial charge in [0.2, 0.25) is 0 Å². The summed E-state index contributed by atoms with van der Waals surface area (Å²) in [4.78, 5) is 13.0. The summed E-state index contributed by atoms with van der Waals surface area (Å²) < 4.78 is 24.5. The Morgan fingerprint density at radius 2 is 2.10 bits per heavy atom. The van der Waals surface area contributed by atoms with Crippen LogP contribution < -0.4 is 0 Å². The Morgan fingerprint density at radius 3 is 2.50 bits per heavy atom. The smallest absolute Gasteiger partial charge is 0.285 e. The zero-order valence-electron chi connectivity index (χ0n) is 5.02. The molecule has 0 aromatic heterocycles. The van der Waals surface area contributed by atoms with Crippen molar-refractivity contribution in [2.24, 2.45) is 0 Å². The molecule has 0 unspecified atom stereocenters.